The summed E-state index contributed by atoms with van der Waals surface area (Å²) in [5.41, 5.74) is -0.241. The van der Waals surface area contributed by atoms with Gasteiger partial charge in [0.25, 0.3) is 0 Å². The summed E-state index contributed by atoms with van der Waals surface area (Å²) in [6.07, 6.45) is 4.73. The molecular formula is C17H28N4O3. The number of amides is 2. The quantitative estimate of drug-likeness (QED) is 0.913. The van der Waals surface area contributed by atoms with Crippen molar-refractivity contribution in [1.29, 1.82) is 0 Å². The zero-order valence-electron chi connectivity index (χ0n) is 14.7. The predicted molar refractivity (Wildman–Crippen MR) is 88.9 cm³/mol. The molecule has 1 atom stereocenters. The Morgan fingerprint density at radius 2 is 2.21 bits per heavy atom. The number of urea groups is 1. The van der Waals surface area contributed by atoms with E-state index >= 15 is 0 Å². The van der Waals surface area contributed by atoms with E-state index in [0.717, 1.165) is 63.6 Å². The van der Waals surface area contributed by atoms with Crippen LogP contribution in [0.2, 0.25) is 0 Å². The van der Waals surface area contributed by atoms with Crippen LogP contribution in [0.25, 0.3) is 0 Å². The Balaban J connectivity index is 1.68. The highest BCUT2D eigenvalue weighted by Gasteiger charge is 2.39. The van der Waals surface area contributed by atoms with Gasteiger partial charge in [0.1, 0.15) is 0 Å². The van der Waals surface area contributed by atoms with Gasteiger partial charge in [0.2, 0.25) is 5.89 Å². The maximum Gasteiger partial charge on any atom is 0.317 e. The standard InChI is InChI=1S/C17H28N4O3/c1-3-8-18-16(22)21-9-4-7-17(2,12-21)15-19-14(24-20-15)13-5-10-23-11-6-13/h13H,3-12H2,1-2H3,(H,18,22). The third kappa shape index (κ3) is 3.71. The molecule has 2 amide bonds. The molecule has 2 aliphatic heterocycles. The average molecular weight is 336 g/mol. The number of ether oxygens (including phenoxy) is 1. The Hall–Kier alpha value is -1.63. The average Bonchev–Trinajstić information content (AvgIpc) is 3.11. The molecule has 2 fully saturated rings. The van der Waals surface area contributed by atoms with Crippen LogP contribution >= 0.6 is 0 Å². The normalized spacial score (nSPS) is 25.7. The summed E-state index contributed by atoms with van der Waals surface area (Å²) in [6, 6.07) is 0.0101. The van der Waals surface area contributed by atoms with Crippen LogP contribution < -0.4 is 5.32 Å². The molecule has 1 aromatic heterocycles. The number of rotatable bonds is 4. The summed E-state index contributed by atoms with van der Waals surface area (Å²) < 4.78 is 10.9. The van der Waals surface area contributed by atoms with Crippen LogP contribution in [0.1, 0.15) is 63.6 Å². The van der Waals surface area contributed by atoms with Crippen molar-refractivity contribution in [3.8, 4) is 0 Å². The highest BCUT2D eigenvalue weighted by molar-refractivity contribution is 5.74. The first-order valence-electron chi connectivity index (χ1n) is 9.07. The summed E-state index contributed by atoms with van der Waals surface area (Å²) >= 11 is 0. The van der Waals surface area contributed by atoms with Gasteiger partial charge in [0.15, 0.2) is 5.82 Å². The zero-order chi connectivity index (χ0) is 17.0. The van der Waals surface area contributed by atoms with Crippen molar-refractivity contribution in [1.82, 2.24) is 20.4 Å². The van der Waals surface area contributed by atoms with Gasteiger partial charge in [0, 0.05) is 44.2 Å². The molecule has 7 heteroatoms. The minimum absolute atomic E-state index is 0.0101. The second kappa shape index (κ2) is 7.51. The van der Waals surface area contributed by atoms with E-state index in [1.54, 1.807) is 0 Å². The van der Waals surface area contributed by atoms with Crippen molar-refractivity contribution in [2.75, 3.05) is 32.8 Å². The van der Waals surface area contributed by atoms with Gasteiger partial charge >= 0.3 is 6.03 Å². The van der Waals surface area contributed by atoms with Crippen LogP contribution in [-0.4, -0.2) is 53.9 Å². The number of carbonyl (C=O) groups is 1. The Morgan fingerprint density at radius 1 is 1.42 bits per heavy atom. The highest BCUT2D eigenvalue weighted by atomic mass is 16.5. The second-order valence-electron chi connectivity index (χ2n) is 7.16. The van der Waals surface area contributed by atoms with Gasteiger partial charge in [-0.25, -0.2) is 4.79 Å². The molecule has 0 bridgehead atoms. The SMILES string of the molecule is CCCNC(=O)N1CCCC(C)(c2noc(C3CCOCC3)n2)C1. The Labute approximate surface area is 143 Å². The van der Waals surface area contributed by atoms with E-state index in [9.17, 15) is 4.79 Å². The molecule has 1 aromatic rings. The third-order valence-electron chi connectivity index (χ3n) is 5.06. The molecule has 3 heterocycles. The van der Waals surface area contributed by atoms with Crippen molar-refractivity contribution in [3.05, 3.63) is 11.7 Å². The number of piperidine rings is 1. The fraction of sp³-hybridized carbons (Fsp3) is 0.824. The molecule has 0 radical (unpaired) electrons. The minimum Gasteiger partial charge on any atom is -0.381 e. The van der Waals surface area contributed by atoms with Gasteiger partial charge in [-0.15, -0.1) is 0 Å². The number of carbonyl (C=O) groups excluding carboxylic acids is 1. The fourth-order valence-corrected chi connectivity index (χ4v) is 3.53. The number of aromatic nitrogens is 2. The lowest BCUT2D eigenvalue weighted by molar-refractivity contribution is 0.0778. The lowest BCUT2D eigenvalue weighted by atomic mass is 9.81. The van der Waals surface area contributed by atoms with E-state index in [4.69, 9.17) is 14.2 Å². The largest absolute Gasteiger partial charge is 0.381 e. The number of nitrogens with zero attached hydrogens (tertiary/aromatic N) is 3. The number of hydrogen-bond donors (Lipinski definition) is 1. The molecule has 0 aromatic carbocycles. The van der Waals surface area contributed by atoms with E-state index < -0.39 is 0 Å². The molecule has 7 nitrogen and oxygen atoms in total. The molecule has 2 saturated heterocycles. The Kier molecular flexibility index (Phi) is 5.38. The summed E-state index contributed by atoms with van der Waals surface area (Å²) in [7, 11) is 0. The monoisotopic (exact) mass is 336 g/mol. The van der Waals surface area contributed by atoms with Crippen molar-refractivity contribution in [3.63, 3.8) is 0 Å². The third-order valence-corrected chi connectivity index (χ3v) is 5.06. The molecule has 3 rings (SSSR count). The van der Waals surface area contributed by atoms with Crippen molar-refractivity contribution < 1.29 is 14.1 Å². The van der Waals surface area contributed by atoms with Crippen LogP contribution in [-0.2, 0) is 10.2 Å². The van der Waals surface area contributed by atoms with Crippen molar-refractivity contribution in [2.45, 2.75) is 57.3 Å². The molecule has 0 spiro atoms. The van der Waals surface area contributed by atoms with E-state index in [-0.39, 0.29) is 11.4 Å². The topological polar surface area (TPSA) is 80.5 Å². The van der Waals surface area contributed by atoms with Crippen LogP contribution in [0.3, 0.4) is 0 Å². The zero-order valence-corrected chi connectivity index (χ0v) is 14.7. The van der Waals surface area contributed by atoms with Crippen LogP contribution in [0.5, 0.6) is 0 Å². The molecule has 1 unspecified atom stereocenters. The van der Waals surface area contributed by atoms with Crippen molar-refractivity contribution in [2.24, 2.45) is 0 Å². The van der Waals surface area contributed by atoms with Gasteiger partial charge in [0.05, 0.1) is 0 Å². The van der Waals surface area contributed by atoms with Crippen LogP contribution in [0.15, 0.2) is 4.52 Å². The molecule has 0 saturated carbocycles. The number of nitrogens with one attached hydrogen (secondary N) is 1. The van der Waals surface area contributed by atoms with Crippen LogP contribution in [0, 0.1) is 0 Å². The first kappa shape index (κ1) is 17.2. The smallest absolute Gasteiger partial charge is 0.317 e. The Morgan fingerprint density at radius 3 is 2.96 bits per heavy atom. The molecular weight excluding hydrogens is 308 g/mol. The van der Waals surface area contributed by atoms with Crippen molar-refractivity contribution >= 4 is 6.03 Å². The summed E-state index contributed by atoms with van der Waals surface area (Å²) in [6.45, 7) is 7.83. The maximum absolute atomic E-state index is 12.3. The Bertz CT molecular complexity index is 556. The van der Waals surface area contributed by atoms with Gasteiger partial charge < -0.3 is 19.5 Å². The van der Waals surface area contributed by atoms with E-state index in [1.807, 2.05) is 4.90 Å². The predicted octanol–water partition coefficient (Wildman–Crippen LogP) is 2.44. The number of hydrogen-bond acceptors (Lipinski definition) is 5. The second-order valence-corrected chi connectivity index (χ2v) is 7.16. The summed E-state index contributed by atoms with van der Waals surface area (Å²) in [5.74, 6) is 1.76. The van der Waals surface area contributed by atoms with E-state index in [0.29, 0.717) is 19.0 Å². The first-order chi connectivity index (χ1) is 11.6. The minimum atomic E-state index is -0.241. The molecule has 0 aliphatic carbocycles. The van der Waals surface area contributed by atoms with E-state index in [1.165, 1.54) is 0 Å². The molecule has 1 N–H and O–H groups in total. The highest BCUT2D eigenvalue weighted by Crippen LogP contribution is 2.34. The number of likely N-dealkylation sites (tertiary alicyclic amines) is 1. The van der Waals surface area contributed by atoms with Gasteiger partial charge in [-0.3, -0.25) is 0 Å². The lowest BCUT2D eigenvalue weighted by Crippen LogP contribution is -2.51. The lowest BCUT2D eigenvalue weighted by Gasteiger charge is -2.38. The van der Waals surface area contributed by atoms with Crippen LogP contribution in [0.4, 0.5) is 4.79 Å². The van der Waals surface area contributed by atoms with Gasteiger partial charge in [-0.2, -0.15) is 4.98 Å². The van der Waals surface area contributed by atoms with Gasteiger partial charge in [-0.05, 0) is 32.1 Å². The van der Waals surface area contributed by atoms with E-state index in [2.05, 4.69) is 24.3 Å². The first-order valence-corrected chi connectivity index (χ1v) is 9.07. The molecule has 24 heavy (non-hydrogen) atoms. The fourth-order valence-electron chi connectivity index (χ4n) is 3.53. The molecule has 134 valence electrons. The summed E-state index contributed by atoms with van der Waals surface area (Å²) in [4.78, 5) is 18.8. The maximum atomic E-state index is 12.3. The van der Waals surface area contributed by atoms with Gasteiger partial charge in [-0.1, -0.05) is 19.0 Å². The molecule has 2 aliphatic rings. The summed E-state index contributed by atoms with van der Waals surface area (Å²) in [5, 5.41) is 7.21.